The average molecular weight is 368 g/mol. The van der Waals surface area contributed by atoms with Crippen LogP contribution in [0.2, 0.25) is 0 Å². The zero-order valence-electron chi connectivity index (χ0n) is 15.3. The molecule has 0 aliphatic carbocycles. The van der Waals surface area contributed by atoms with Crippen molar-refractivity contribution >= 4 is 18.1 Å². The lowest BCUT2D eigenvalue weighted by molar-refractivity contribution is -0.0911. The van der Waals surface area contributed by atoms with Gasteiger partial charge in [0.15, 0.2) is 0 Å². The second-order valence-corrected chi connectivity index (χ2v) is 6.98. The van der Waals surface area contributed by atoms with Crippen LogP contribution >= 0.6 is 0 Å². The van der Waals surface area contributed by atoms with Gasteiger partial charge in [0.05, 0.1) is 17.9 Å². The molecule has 2 aliphatic rings. The Hall–Kier alpha value is -2.73. The summed E-state index contributed by atoms with van der Waals surface area (Å²) in [6, 6.07) is 7.27. The Bertz CT molecular complexity index is 760. The van der Waals surface area contributed by atoms with Crippen molar-refractivity contribution in [3.63, 3.8) is 0 Å². The van der Waals surface area contributed by atoms with E-state index in [1.54, 1.807) is 12.1 Å². The number of hydrogen-bond acceptors (Lipinski definition) is 4. The smallest absolute Gasteiger partial charge is 0.407 e. The van der Waals surface area contributed by atoms with Gasteiger partial charge in [0.1, 0.15) is 6.29 Å². The van der Waals surface area contributed by atoms with Gasteiger partial charge in [0.2, 0.25) is 0 Å². The number of allylic oxidation sites excluding steroid dienone is 1. The van der Waals surface area contributed by atoms with E-state index >= 15 is 0 Å². The number of hydrogen-bond donors (Lipinski definition) is 1. The summed E-state index contributed by atoms with van der Waals surface area (Å²) in [5.74, 6) is 0. The second-order valence-electron chi connectivity index (χ2n) is 6.98. The normalized spacial score (nSPS) is 21.3. The second kappa shape index (κ2) is 8.31. The number of amides is 1. The van der Waals surface area contributed by atoms with Crippen molar-refractivity contribution in [3.05, 3.63) is 59.8 Å². The highest BCUT2D eigenvalue weighted by atomic mass is 16.5. The molecule has 2 aliphatic heterocycles. The van der Waals surface area contributed by atoms with E-state index in [4.69, 9.17) is 9.84 Å². The molecule has 6 heteroatoms. The van der Waals surface area contributed by atoms with E-state index in [1.807, 2.05) is 18.2 Å². The van der Waals surface area contributed by atoms with Gasteiger partial charge in [-0.25, -0.2) is 4.79 Å². The largest absolute Gasteiger partial charge is 0.465 e. The Balaban J connectivity index is 1.67. The molecule has 0 saturated carbocycles. The van der Waals surface area contributed by atoms with Crippen molar-refractivity contribution in [1.82, 2.24) is 4.90 Å². The van der Waals surface area contributed by atoms with Crippen LogP contribution in [0.5, 0.6) is 0 Å². The van der Waals surface area contributed by atoms with Crippen LogP contribution < -0.4 is 0 Å². The molecule has 1 amide bonds. The number of nitrogens with zero attached hydrogens (tertiary/aromatic N) is 2. The minimum atomic E-state index is -0.855. The van der Waals surface area contributed by atoms with Crippen LogP contribution in [0.25, 0.3) is 0 Å². The minimum Gasteiger partial charge on any atom is -0.465 e. The predicted octanol–water partition coefficient (Wildman–Crippen LogP) is 3.68. The first-order valence-corrected chi connectivity index (χ1v) is 9.11. The van der Waals surface area contributed by atoms with Crippen LogP contribution in [0.4, 0.5) is 4.79 Å². The number of aliphatic imine (C=N–C) groups is 1. The molecule has 142 valence electrons. The minimum absolute atomic E-state index is 0.204. The Labute approximate surface area is 158 Å². The summed E-state index contributed by atoms with van der Waals surface area (Å²) in [5, 5.41) is 9.09. The van der Waals surface area contributed by atoms with Gasteiger partial charge < -0.3 is 14.7 Å². The lowest BCUT2D eigenvalue weighted by atomic mass is 9.83. The van der Waals surface area contributed by atoms with Crippen molar-refractivity contribution in [2.75, 3.05) is 19.7 Å². The number of likely N-dealkylation sites (tertiary alicyclic amines) is 1. The van der Waals surface area contributed by atoms with Gasteiger partial charge in [-0.1, -0.05) is 30.8 Å². The van der Waals surface area contributed by atoms with Gasteiger partial charge in [-0.15, -0.1) is 0 Å². The zero-order valence-corrected chi connectivity index (χ0v) is 15.3. The van der Waals surface area contributed by atoms with Crippen LogP contribution in [0.15, 0.2) is 53.7 Å². The van der Waals surface area contributed by atoms with Gasteiger partial charge in [0, 0.05) is 30.4 Å². The molecule has 1 spiro atoms. The topological polar surface area (TPSA) is 79.2 Å². The Morgan fingerprint density at radius 3 is 2.44 bits per heavy atom. The molecular weight excluding hydrogens is 344 g/mol. The number of carbonyl (C=O) groups is 2. The highest BCUT2D eigenvalue weighted by Gasteiger charge is 2.39. The molecule has 2 fully saturated rings. The van der Waals surface area contributed by atoms with Crippen molar-refractivity contribution in [1.29, 1.82) is 0 Å². The Morgan fingerprint density at radius 1 is 1.22 bits per heavy atom. The van der Waals surface area contributed by atoms with E-state index in [-0.39, 0.29) is 5.60 Å². The molecule has 27 heavy (non-hydrogen) atoms. The van der Waals surface area contributed by atoms with E-state index in [0.717, 1.165) is 48.8 Å². The quantitative estimate of drug-likeness (QED) is 0.649. The molecule has 0 atom stereocenters. The number of benzene rings is 1. The van der Waals surface area contributed by atoms with Crippen molar-refractivity contribution in [2.24, 2.45) is 4.99 Å². The zero-order chi connectivity index (χ0) is 19.3. The average Bonchev–Trinajstić information content (AvgIpc) is 2.70. The Kier molecular flexibility index (Phi) is 5.86. The summed E-state index contributed by atoms with van der Waals surface area (Å²) >= 11 is 0. The molecule has 2 heterocycles. The molecule has 1 N–H and O–H groups in total. The van der Waals surface area contributed by atoms with E-state index in [1.165, 1.54) is 11.1 Å². The summed E-state index contributed by atoms with van der Waals surface area (Å²) in [5.41, 5.74) is 3.28. The number of rotatable bonds is 4. The lowest BCUT2D eigenvalue weighted by Crippen LogP contribution is -2.49. The SMILES string of the molecule is C=CN=C(/C=C1/CCC2(CCN(C(=O)O)CC2)OC1)c1ccc(C=O)cc1. The summed E-state index contributed by atoms with van der Waals surface area (Å²) in [6.45, 7) is 5.27. The fourth-order valence-electron chi connectivity index (χ4n) is 3.61. The van der Waals surface area contributed by atoms with E-state index in [9.17, 15) is 9.59 Å². The number of carboxylic acid groups (broad SMARTS) is 1. The first-order valence-electron chi connectivity index (χ1n) is 9.11. The molecule has 0 aromatic heterocycles. The standard InChI is InChI=1S/C21H24N2O4/c1-2-22-19(18-5-3-16(14-24)4-6-18)13-17-7-8-21(27-15-17)9-11-23(12-10-21)20(25)26/h2-6,13-14H,1,7-12,15H2,(H,25,26)/b17-13-,22-19?. The molecule has 3 rings (SSSR count). The van der Waals surface area contributed by atoms with Gasteiger partial charge >= 0.3 is 6.09 Å². The summed E-state index contributed by atoms with van der Waals surface area (Å²) in [4.78, 5) is 27.7. The summed E-state index contributed by atoms with van der Waals surface area (Å²) < 4.78 is 6.18. The molecule has 1 aromatic rings. The first kappa shape index (κ1) is 19.0. The van der Waals surface area contributed by atoms with Gasteiger partial charge in [-0.3, -0.25) is 9.79 Å². The third-order valence-electron chi connectivity index (χ3n) is 5.32. The van der Waals surface area contributed by atoms with Crippen LogP contribution in [-0.4, -0.2) is 53.4 Å². The number of ether oxygens (including phenoxy) is 1. The van der Waals surface area contributed by atoms with Gasteiger partial charge in [0.25, 0.3) is 0 Å². The van der Waals surface area contributed by atoms with Crippen LogP contribution in [0.1, 0.15) is 41.6 Å². The van der Waals surface area contributed by atoms with Crippen molar-refractivity contribution < 1.29 is 19.4 Å². The molecule has 0 bridgehead atoms. The van der Waals surface area contributed by atoms with Gasteiger partial charge in [-0.2, -0.15) is 0 Å². The third kappa shape index (κ3) is 4.52. The van der Waals surface area contributed by atoms with E-state index in [2.05, 4.69) is 11.6 Å². The van der Waals surface area contributed by atoms with Gasteiger partial charge in [-0.05, 0) is 37.3 Å². The Morgan fingerprint density at radius 2 is 1.93 bits per heavy atom. The lowest BCUT2D eigenvalue weighted by Gasteiger charge is -2.43. The molecule has 1 aromatic carbocycles. The monoisotopic (exact) mass is 368 g/mol. The van der Waals surface area contributed by atoms with Crippen molar-refractivity contribution in [2.45, 2.75) is 31.3 Å². The molecule has 0 unspecified atom stereocenters. The van der Waals surface area contributed by atoms with E-state index < -0.39 is 6.09 Å². The maximum atomic E-state index is 11.1. The maximum absolute atomic E-state index is 11.1. The highest BCUT2D eigenvalue weighted by Crippen LogP contribution is 2.36. The highest BCUT2D eigenvalue weighted by molar-refractivity contribution is 6.09. The number of piperidine rings is 1. The van der Waals surface area contributed by atoms with Crippen molar-refractivity contribution in [3.8, 4) is 0 Å². The van der Waals surface area contributed by atoms with Crippen LogP contribution in [-0.2, 0) is 4.74 Å². The number of carbonyl (C=O) groups excluding carboxylic acids is 1. The van der Waals surface area contributed by atoms with Crippen LogP contribution in [0.3, 0.4) is 0 Å². The summed E-state index contributed by atoms with van der Waals surface area (Å²) in [6.07, 6.45) is 6.76. The fourth-order valence-corrected chi connectivity index (χ4v) is 3.61. The molecular formula is C21H24N2O4. The van der Waals surface area contributed by atoms with E-state index in [0.29, 0.717) is 25.3 Å². The molecule has 2 saturated heterocycles. The fraction of sp³-hybridized carbons (Fsp3) is 0.381. The van der Waals surface area contributed by atoms with Crippen LogP contribution in [0, 0.1) is 0 Å². The predicted molar refractivity (Wildman–Crippen MR) is 103 cm³/mol. The summed E-state index contributed by atoms with van der Waals surface area (Å²) in [7, 11) is 0. The molecule has 0 radical (unpaired) electrons. The first-order chi connectivity index (χ1) is 13.0. The number of aldehydes is 1. The maximum Gasteiger partial charge on any atom is 0.407 e. The third-order valence-corrected chi connectivity index (χ3v) is 5.32. The molecule has 6 nitrogen and oxygen atoms in total.